The number of nitrogens with one attached hydrogen (secondary N) is 1. The van der Waals surface area contributed by atoms with Gasteiger partial charge < -0.3 is 15.8 Å². The number of nitrogen functional groups attached to an aromatic ring is 1. The minimum Gasteiger partial charge on any atom is -0.495 e. The Morgan fingerprint density at radius 1 is 1.43 bits per heavy atom. The summed E-state index contributed by atoms with van der Waals surface area (Å²) >= 11 is 0. The first-order valence-electron chi connectivity index (χ1n) is 7.05. The van der Waals surface area contributed by atoms with Crippen molar-refractivity contribution in [2.45, 2.75) is 49.8 Å². The van der Waals surface area contributed by atoms with Crippen molar-refractivity contribution in [1.29, 1.82) is 0 Å². The topological polar surface area (TPSA) is 81.4 Å². The zero-order chi connectivity index (χ0) is 16.0. The lowest BCUT2D eigenvalue weighted by molar-refractivity contribution is -0.121. The predicted molar refractivity (Wildman–Crippen MR) is 85.8 cm³/mol. The number of rotatable bonds is 7. The molecule has 0 radical (unpaired) electrons. The maximum Gasteiger partial charge on any atom is 0.236 e. The molecule has 118 valence electrons. The van der Waals surface area contributed by atoms with Crippen molar-refractivity contribution in [1.82, 2.24) is 5.32 Å². The molecule has 0 fully saturated rings. The Morgan fingerprint density at radius 2 is 2.10 bits per heavy atom. The highest BCUT2D eigenvalue weighted by atomic mass is 32.2. The Bertz CT molecular complexity index is 520. The van der Waals surface area contributed by atoms with E-state index in [1.165, 1.54) is 7.11 Å². The van der Waals surface area contributed by atoms with Crippen LogP contribution in [0, 0.1) is 0 Å². The Hall–Kier alpha value is -1.56. The van der Waals surface area contributed by atoms with E-state index in [-0.39, 0.29) is 11.9 Å². The largest absolute Gasteiger partial charge is 0.495 e. The van der Waals surface area contributed by atoms with Gasteiger partial charge in [-0.25, -0.2) is 0 Å². The molecule has 0 spiro atoms. The normalized spacial score (nSPS) is 15.0. The minimum atomic E-state index is -1.49. The van der Waals surface area contributed by atoms with Crippen molar-refractivity contribution < 1.29 is 13.7 Å². The van der Waals surface area contributed by atoms with Crippen LogP contribution in [0.4, 0.5) is 5.69 Å². The molecule has 21 heavy (non-hydrogen) atoms. The van der Waals surface area contributed by atoms with Crippen LogP contribution in [0.25, 0.3) is 0 Å². The van der Waals surface area contributed by atoms with Crippen LogP contribution in [-0.4, -0.2) is 28.5 Å². The molecule has 3 unspecified atom stereocenters. The van der Waals surface area contributed by atoms with Gasteiger partial charge in [-0.05, 0) is 32.4 Å². The standard InChI is InChI=1S/C15H24N2O3S/c1-5-6-10(2)17-15(18)11(3)21(19)14-8-7-12(16)9-13(14)20-4/h7-11H,5-6,16H2,1-4H3,(H,17,18). The van der Waals surface area contributed by atoms with Gasteiger partial charge >= 0.3 is 0 Å². The van der Waals surface area contributed by atoms with Crippen molar-refractivity contribution in [3.8, 4) is 5.75 Å². The maximum absolute atomic E-state index is 12.5. The average Bonchev–Trinajstić information content (AvgIpc) is 2.45. The number of carbonyl (C=O) groups is 1. The summed E-state index contributed by atoms with van der Waals surface area (Å²) in [5.41, 5.74) is 6.21. The molecule has 6 heteroatoms. The molecule has 3 N–H and O–H groups in total. The van der Waals surface area contributed by atoms with E-state index in [2.05, 4.69) is 12.2 Å². The molecular formula is C15H24N2O3S. The molecule has 0 saturated carbocycles. The fourth-order valence-electron chi connectivity index (χ4n) is 2.00. The molecular weight excluding hydrogens is 288 g/mol. The molecule has 1 amide bonds. The lowest BCUT2D eigenvalue weighted by atomic mass is 10.2. The summed E-state index contributed by atoms with van der Waals surface area (Å²) in [6, 6.07) is 4.98. The summed E-state index contributed by atoms with van der Waals surface area (Å²) in [5.74, 6) is 0.225. The van der Waals surface area contributed by atoms with Crippen LogP contribution in [0.3, 0.4) is 0 Å². The second kappa shape index (κ2) is 8.02. The molecule has 0 aliphatic carbocycles. The van der Waals surface area contributed by atoms with Crippen molar-refractivity contribution in [3.63, 3.8) is 0 Å². The zero-order valence-electron chi connectivity index (χ0n) is 13.0. The molecule has 3 atom stereocenters. The smallest absolute Gasteiger partial charge is 0.236 e. The van der Waals surface area contributed by atoms with Crippen molar-refractivity contribution >= 4 is 22.4 Å². The van der Waals surface area contributed by atoms with Crippen LogP contribution in [0.5, 0.6) is 5.75 Å². The molecule has 0 aliphatic heterocycles. The predicted octanol–water partition coefficient (Wildman–Crippen LogP) is 2.08. The van der Waals surface area contributed by atoms with E-state index in [1.807, 2.05) is 6.92 Å². The Balaban J connectivity index is 2.85. The van der Waals surface area contributed by atoms with E-state index >= 15 is 0 Å². The first-order valence-corrected chi connectivity index (χ1v) is 8.26. The first kappa shape index (κ1) is 17.5. The van der Waals surface area contributed by atoms with Gasteiger partial charge in [-0.3, -0.25) is 9.00 Å². The Kier molecular flexibility index (Phi) is 6.68. The highest BCUT2D eigenvalue weighted by Gasteiger charge is 2.24. The van der Waals surface area contributed by atoms with Gasteiger partial charge in [0.05, 0.1) is 22.8 Å². The highest BCUT2D eigenvalue weighted by molar-refractivity contribution is 7.86. The highest BCUT2D eigenvalue weighted by Crippen LogP contribution is 2.26. The number of methoxy groups -OCH3 is 1. The number of benzene rings is 1. The molecule has 1 aromatic carbocycles. The number of carbonyl (C=O) groups excluding carboxylic acids is 1. The van der Waals surface area contributed by atoms with Crippen molar-refractivity contribution in [2.75, 3.05) is 12.8 Å². The van der Waals surface area contributed by atoms with Crippen LogP contribution >= 0.6 is 0 Å². The lowest BCUT2D eigenvalue weighted by Gasteiger charge is -2.18. The summed E-state index contributed by atoms with van der Waals surface area (Å²) in [6.45, 7) is 5.66. The second-order valence-corrected chi connectivity index (χ2v) is 6.79. The van der Waals surface area contributed by atoms with Gasteiger partial charge in [0.2, 0.25) is 5.91 Å². The fraction of sp³-hybridized carbons (Fsp3) is 0.533. The van der Waals surface area contributed by atoms with Crippen LogP contribution in [0.2, 0.25) is 0 Å². The third-order valence-electron chi connectivity index (χ3n) is 3.21. The molecule has 0 aliphatic rings. The van der Waals surface area contributed by atoms with Gasteiger partial charge in [-0.2, -0.15) is 0 Å². The average molecular weight is 312 g/mol. The lowest BCUT2D eigenvalue weighted by Crippen LogP contribution is -2.40. The van der Waals surface area contributed by atoms with Crippen LogP contribution < -0.4 is 15.8 Å². The SMILES string of the molecule is CCCC(C)NC(=O)C(C)S(=O)c1ccc(N)cc1OC. The number of ether oxygens (including phenoxy) is 1. The zero-order valence-corrected chi connectivity index (χ0v) is 13.8. The summed E-state index contributed by atoms with van der Waals surface area (Å²) in [6.07, 6.45) is 1.89. The van der Waals surface area contributed by atoms with Crippen LogP contribution in [0.1, 0.15) is 33.6 Å². The summed E-state index contributed by atoms with van der Waals surface area (Å²) < 4.78 is 17.7. The van der Waals surface area contributed by atoms with E-state index in [9.17, 15) is 9.00 Å². The molecule has 1 rings (SSSR count). The van der Waals surface area contributed by atoms with Crippen LogP contribution in [0.15, 0.2) is 23.1 Å². The third kappa shape index (κ3) is 4.74. The van der Waals surface area contributed by atoms with E-state index in [1.54, 1.807) is 25.1 Å². The maximum atomic E-state index is 12.5. The van der Waals surface area contributed by atoms with E-state index in [0.717, 1.165) is 12.8 Å². The summed E-state index contributed by atoms with van der Waals surface area (Å²) in [4.78, 5) is 12.6. The van der Waals surface area contributed by atoms with Crippen LogP contribution in [-0.2, 0) is 15.6 Å². The summed E-state index contributed by atoms with van der Waals surface area (Å²) in [7, 11) is -0.00129. The Labute approximate surface area is 128 Å². The molecule has 0 saturated heterocycles. The minimum absolute atomic E-state index is 0.0789. The van der Waals surface area contributed by atoms with Gasteiger partial charge in [0.15, 0.2) is 0 Å². The third-order valence-corrected chi connectivity index (χ3v) is 4.83. The molecule has 1 aromatic rings. The number of hydrogen-bond acceptors (Lipinski definition) is 4. The van der Waals surface area contributed by atoms with Gasteiger partial charge in [0.1, 0.15) is 11.0 Å². The van der Waals surface area contributed by atoms with Gasteiger partial charge in [0.25, 0.3) is 0 Å². The molecule has 0 aromatic heterocycles. The number of amides is 1. The number of hydrogen-bond donors (Lipinski definition) is 2. The summed E-state index contributed by atoms with van der Waals surface area (Å²) in [5, 5.41) is 2.23. The molecule has 5 nitrogen and oxygen atoms in total. The van der Waals surface area contributed by atoms with E-state index in [0.29, 0.717) is 16.3 Å². The van der Waals surface area contributed by atoms with E-state index in [4.69, 9.17) is 10.5 Å². The Morgan fingerprint density at radius 3 is 2.67 bits per heavy atom. The molecule has 0 heterocycles. The number of anilines is 1. The second-order valence-electron chi connectivity index (χ2n) is 5.05. The first-order chi connectivity index (χ1) is 9.90. The van der Waals surface area contributed by atoms with Gasteiger partial charge in [-0.1, -0.05) is 13.3 Å². The van der Waals surface area contributed by atoms with E-state index < -0.39 is 16.0 Å². The monoisotopic (exact) mass is 312 g/mol. The fourth-order valence-corrected chi connectivity index (χ4v) is 3.19. The molecule has 0 bridgehead atoms. The van der Waals surface area contributed by atoms with Crippen molar-refractivity contribution in [3.05, 3.63) is 18.2 Å². The van der Waals surface area contributed by atoms with Gasteiger partial charge in [0, 0.05) is 17.8 Å². The van der Waals surface area contributed by atoms with Crippen molar-refractivity contribution in [2.24, 2.45) is 0 Å². The van der Waals surface area contributed by atoms with Gasteiger partial charge in [-0.15, -0.1) is 0 Å². The quantitative estimate of drug-likeness (QED) is 0.755. The number of nitrogens with two attached hydrogens (primary N) is 1.